The van der Waals surface area contributed by atoms with Gasteiger partial charge >= 0.3 is 6.18 Å². The molecule has 11 heteroatoms. The Kier molecular flexibility index (Phi) is 4.56. The zero-order valence-electron chi connectivity index (χ0n) is 12.0. The molecule has 22 heavy (non-hydrogen) atoms. The van der Waals surface area contributed by atoms with Gasteiger partial charge in [-0.2, -0.15) is 13.2 Å². The van der Waals surface area contributed by atoms with Crippen LogP contribution < -0.4 is 4.90 Å². The number of halogens is 3. The van der Waals surface area contributed by atoms with E-state index in [4.69, 9.17) is 5.11 Å². The predicted molar refractivity (Wildman–Crippen MR) is 72.4 cm³/mol. The Labute approximate surface area is 128 Å². The number of rotatable bonds is 4. The first-order valence-electron chi connectivity index (χ1n) is 6.03. The molecule has 1 N–H and O–H groups in total. The number of anilines is 1. The van der Waals surface area contributed by atoms with Crippen LogP contribution in [0.1, 0.15) is 11.5 Å². The van der Waals surface area contributed by atoms with Gasteiger partial charge in [0.1, 0.15) is 12.4 Å². The molecule has 0 atom stereocenters. The molecule has 0 saturated heterocycles. The van der Waals surface area contributed by atoms with Crippen LogP contribution in [0, 0.1) is 0 Å². The first-order chi connectivity index (χ1) is 10.2. The van der Waals surface area contributed by atoms with Crippen LogP contribution in [-0.4, -0.2) is 43.9 Å². The zero-order valence-corrected chi connectivity index (χ0v) is 12.8. The minimum Gasteiger partial charge on any atom is -0.388 e. The summed E-state index contributed by atoms with van der Waals surface area (Å²) in [6.45, 7) is -0.323. The molecule has 2 aromatic rings. The molecule has 0 spiro atoms. The Morgan fingerprint density at radius 2 is 1.95 bits per heavy atom. The summed E-state index contributed by atoms with van der Waals surface area (Å²) in [5, 5.41) is 16.7. The third-order valence-electron chi connectivity index (χ3n) is 2.69. The lowest BCUT2D eigenvalue weighted by Crippen LogP contribution is -2.16. The van der Waals surface area contributed by atoms with Crippen LogP contribution in [0.5, 0.6) is 0 Å². The van der Waals surface area contributed by atoms with Crippen molar-refractivity contribution in [3.63, 3.8) is 0 Å². The van der Waals surface area contributed by atoms with E-state index in [1.165, 1.54) is 9.47 Å². The van der Waals surface area contributed by atoms with Crippen LogP contribution in [0.2, 0.25) is 0 Å². The van der Waals surface area contributed by atoms with Gasteiger partial charge in [-0.05, 0) is 11.8 Å². The lowest BCUT2D eigenvalue weighted by Gasteiger charge is -2.14. The first kappa shape index (κ1) is 16.5. The highest BCUT2D eigenvalue weighted by Crippen LogP contribution is 2.32. The topological polar surface area (TPSA) is 80.0 Å². The lowest BCUT2D eigenvalue weighted by atomic mass is 10.4. The van der Waals surface area contributed by atoms with Crippen LogP contribution >= 0.6 is 11.8 Å². The lowest BCUT2D eigenvalue weighted by molar-refractivity contribution is -0.141. The summed E-state index contributed by atoms with van der Waals surface area (Å²) in [5.74, 6) is 0.427. The second-order valence-corrected chi connectivity index (χ2v) is 5.44. The van der Waals surface area contributed by atoms with Gasteiger partial charge in [-0.1, -0.05) is 0 Å². The summed E-state index contributed by atoms with van der Waals surface area (Å²) < 4.78 is 40.2. The summed E-state index contributed by atoms with van der Waals surface area (Å²) >= 11 is 0.842. The van der Waals surface area contributed by atoms with Gasteiger partial charge in [-0.3, -0.25) is 0 Å². The van der Waals surface area contributed by atoms with Crippen LogP contribution in [0.3, 0.4) is 0 Å². The molecule has 0 aliphatic rings. The van der Waals surface area contributed by atoms with Gasteiger partial charge in [0.25, 0.3) is 0 Å². The van der Waals surface area contributed by atoms with Crippen LogP contribution in [0.15, 0.2) is 16.4 Å². The monoisotopic (exact) mass is 334 g/mol. The Hall–Kier alpha value is -1.88. The van der Waals surface area contributed by atoms with E-state index in [0.717, 1.165) is 17.8 Å². The number of hydrogen-bond acceptors (Lipinski definition) is 7. The van der Waals surface area contributed by atoms with Gasteiger partial charge in [0.05, 0.1) is 0 Å². The van der Waals surface area contributed by atoms with Crippen molar-refractivity contribution in [2.45, 2.75) is 23.1 Å². The van der Waals surface area contributed by atoms with E-state index < -0.39 is 11.9 Å². The fourth-order valence-corrected chi connectivity index (χ4v) is 2.26. The Morgan fingerprint density at radius 1 is 1.27 bits per heavy atom. The summed E-state index contributed by atoms with van der Waals surface area (Å²) in [6.07, 6.45) is -4.57. The Morgan fingerprint density at radius 3 is 2.45 bits per heavy atom. The molecule has 0 amide bonds. The molecule has 0 bridgehead atoms. The maximum atomic E-state index is 12.9. The van der Waals surface area contributed by atoms with Crippen molar-refractivity contribution in [3.8, 4) is 0 Å². The van der Waals surface area contributed by atoms with Gasteiger partial charge in [0.15, 0.2) is 21.8 Å². The first-order valence-corrected chi connectivity index (χ1v) is 6.84. The van der Waals surface area contributed by atoms with Crippen LogP contribution in [-0.2, 0) is 19.8 Å². The molecular formula is C11H13F3N6OS. The third kappa shape index (κ3) is 3.47. The molecule has 2 rings (SSSR count). The normalized spacial score (nSPS) is 11.8. The molecule has 0 fully saturated rings. The largest absolute Gasteiger partial charge is 0.433 e. The molecule has 120 valence electrons. The Bertz CT molecular complexity index is 672. The van der Waals surface area contributed by atoms with E-state index in [9.17, 15) is 13.2 Å². The van der Waals surface area contributed by atoms with Gasteiger partial charge in [-0.25, -0.2) is 9.97 Å². The smallest absolute Gasteiger partial charge is 0.388 e. The summed E-state index contributed by atoms with van der Waals surface area (Å²) in [4.78, 5) is 9.02. The molecule has 0 saturated carbocycles. The second-order valence-electron chi connectivity index (χ2n) is 4.50. The highest BCUT2D eigenvalue weighted by atomic mass is 32.2. The minimum atomic E-state index is -4.57. The summed E-state index contributed by atoms with van der Waals surface area (Å²) in [6, 6.07) is 0.875. The van der Waals surface area contributed by atoms with Crippen LogP contribution in [0.25, 0.3) is 0 Å². The number of aliphatic hydroxyl groups excluding tert-OH is 1. The van der Waals surface area contributed by atoms with Crippen molar-refractivity contribution in [1.29, 1.82) is 0 Å². The molecule has 7 nitrogen and oxygen atoms in total. The van der Waals surface area contributed by atoms with E-state index >= 15 is 0 Å². The van der Waals surface area contributed by atoms with Crippen molar-refractivity contribution in [1.82, 2.24) is 24.7 Å². The maximum Gasteiger partial charge on any atom is 0.433 e. The van der Waals surface area contributed by atoms with Crippen LogP contribution in [0.4, 0.5) is 19.0 Å². The highest BCUT2D eigenvalue weighted by molar-refractivity contribution is 7.99. The third-order valence-corrected chi connectivity index (χ3v) is 3.59. The average Bonchev–Trinajstić information content (AvgIpc) is 2.78. The summed E-state index contributed by atoms with van der Waals surface area (Å²) in [7, 11) is 4.76. The van der Waals surface area contributed by atoms with Crippen molar-refractivity contribution in [3.05, 3.63) is 17.6 Å². The van der Waals surface area contributed by atoms with Gasteiger partial charge < -0.3 is 14.6 Å². The van der Waals surface area contributed by atoms with Crippen molar-refractivity contribution < 1.29 is 18.3 Å². The standard InChI is InChI=1S/C11H13F3N6OS/c1-19(2)7-4-6(11(12,13)14)15-9(16-7)22-10-18-17-8(5-21)20(10)3/h4,21H,5H2,1-3H3. The SMILES string of the molecule is CN(C)c1cc(C(F)(F)F)nc(Sc2nnc(CO)n2C)n1. The number of aliphatic hydroxyl groups is 1. The van der Waals surface area contributed by atoms with Gasteiger partial charge in [0, 0.05) is 27.2 Å². The van der Waals surface area contributed by atoms with Gasteiger partial charge in [0.2, 0.25) is 0 Å². The molecule has 2 aromatic heterocycles. The molecule has 0 aliphatic heterocycles. The molecule has 0 aliphatic carbocycles. The van der Waals surface area contributed by atoms with Crippen molar-refractivity contribution in [2.75, 3.05) is 19.0 Å². The fraction of sp³-hybridized carbons (Fsp3) is 0.455. The van der Waals surface area contributed by atoms with E-state index in [2.05, 4.69) is 20.2 Å². The van der Waals surface area contributed by atoms with Crippen molar-refractivity contribution >= 4 is 17.6 Å². The van der Waals surface area contributed by atoms with Gasteiger partial charge in [-0.15, -0.1) is 10.2 Å². The molecule has 0 unspecified atom stereocenters. The quantitative estimate of drug-likeness (QED) is 0.845. The minimum absolute atomic E-state index is 0.0986. The predicted octanol–water partition coefficient (Wildman–Crippen LogP) is 1.33. The fourth-order valence-electron chi connectivity index (χ4n) is 1.49. The number of aromatic nitrogens is 5. The number of hydrogen-bond donors (Lipinski definition) is 1. The van der Waals surface area contributed by atoms with Crippen molar-refractivity contribution in [2.24, 2.45) is 7.05 Å². The summed E-state index contributed by atoms with van der Waals surface area (Å²) in [5.41, 5.74) is -1.03. The zero-order chi connectivity index (χ0) is 16.5. The Balaban J connectivity index is 2.41. The van der Waals surface area contributed by atoms with E-state index in [0.29, 0.717) is 5.82 Å². The average molecular weight is 334 g/mol. The molecular weight excluding hydrogens is 321 g/mol. The molecule has 0 aromatic carbocycles. The highest BCUT2D eigenvalue weighted by Gasteiger charge is 2.34. The van der Waals surface area contributed by atoms with E-state index in [1.54, 1.807) is 21.1 Å². The number of alkyl halides is 3. The number of nitrogens with zero attached hydrogens (tertiary/aromatic N) is 6. The van der Waals surface area contributed by atoms with E-state index in [1.807, 2.05) is 0 Å². The second kappa shape index (κ2) is 6.08. The maximum absolute atomic E-state index is 12.9. The van der Waals surface area contributed by atoms with E-state index in [-0.39, 0.29) is 22.7 Å². The molecule has 2 heterocycles. The molecule has 0 radical (unpaired) electrons.